The molecule has 0 spiro atoms. The van der Waals surface area contributed by atoms with Gasteiger partial charge in [-0.1, -0.05) is 97.3 Å². The largest absolute Gasteiger partial charge is 0.466 e. The van der Waals surface area contributed by atoms with Gasteiger partial charge < -0.3 is 4.74 Å². The van der Waals surface area contributed by atoms with E-state index in [1.165, 1.54) is 77.0 Å². The van der Waals surface area contributed by atoms with Gasteiger partial charge in [0, 0.05) is 6.42 Å². The summed E-state index contributed by atoms with van der Waals surface area (Å²) in [6.07, 6.45) is 19.9. The third kappa shape index (κ3) is 17.5. The van der Waals surface area contributed by atoms with Gasteiger partial charge in [-0.2, -0.15) is 0 Å². The molecule has 0 aromatic carbocycles. The maximum atomic E-state index is 11.5. The molecule has 0 saturated carbocycles. The molecule has 0 fully saturated rings. The molecule has 0 saturated heterocycles. The Balaban J connectivity index is 3.08. The first-order chi connectivity index (χ1) is 10.8. The lowest BCUT2D eigenvalue weighted by Gasteiger charge is -2.05. The molecular formula is C20H40O2. The van der Waals surface area contributed by atoms with Crippen molar-refractivity contribution in [2.24, 2.45) is 0 Å². The number of rotatable bonds is 17. The number of carbonyl (C=O) groups is 1. The minimum atomic E-state index is 0.00295. The third-order valence-electron chi connectivity index (χ3n) is 4.25. The normalized spacial score (nSPS) is 10.8. The van der Waals surface area contributed by atoms with E-state index in [1.54, 1.807) is 0 Å². The molecule has 0 bridgehead atoms. The molecule has 0 amide bonds. The number of unbranched alkanes of at least 4 members (excludes halogenated alkanes) is 13. The number of hydrogen-bond acceptors (Lipinski definition) is 2. The standard InChI is InChI=1S/C20H40O2/c1-3-5-7-9-10-11-12-13-14-15-17-19-22-20(21)18-16-8-6-4-2/h3-19H2,1-2H3. The van der Waals surface area contributed by atoms with Crippen LogP contribution >= 0.6 is 0 Å². The number of hydrogen-bond donors (Lipinski definition) is 0. The number of esters is 1. The Bertz CT molecular complexity index is 226. The minimum absolute atomic E-state index is 0.00295. The fraction of sp³-hybridized carbons (Fsp3) is 0.950. The molecule has 0 heterocycles. The Morgan fingerprint density at radius 3 is 1.50 bits per heavy atom. The topological polar surface area (TPSA) is 26.3 Å². The van der Waals surface area contributed by atoms with Crippen LogP contribution in [0.4, 0.5) is 0 Å². The fourth-order valence-electron chi connectivity index (χ4n) is 2.72. The van der Waals surface area contributed by atoms with E-state index >= 15 is 0 Å². The summed E-state index contributed by atoms with van der Waals surface area (Å²) >= 11 is 0. The van der Waals surface area contributed by atoms with E-state index in [4.69, 9.17) is 4.74 Å². The molecule has 0 N–H and O–H groups in total. The smallest absolute Gasteiger partial charge is 0.305 e. The Morgan fingerprint density at radius 2 is 1.00 bits per heavy atom. The highest BCUT2D eigenvalue weighted by Crippen LogP contribution is 2.11. The Labute approximate surface area is 139 Å². The maximum absolute atomic E-state index is 11.5. The summed E-state index contributed by atoms with van der Waals surface area (Å²) in [5.41, 5.74) is 0. The summed E-state index contributed by atoms with van der Waals surface area (Å²) < 4.78 is 5.27. The van der Waals surface area contributed by atoms with Crippen molar-refractivity contribution in [3.05, 3.63) is 0 Å². The molecular weight excluding hydrogens is 272 g/mol. The van der Waals surface area contributed by atoms with Gasteiger partial charge in [-0.15, -0.1) is 0 Å². The average Bonchev–Trinajstić information content (AvgIpc) is 2.52. The Hall–Kier alpha value is -0.530. The van der Waals surface area contributed by atoms with Crippen LogP contribution in [0.15, 0.2) is 0 Å². The summed E-state index contributed by atoms with van der Waals surface area (Å²) in [7, 11) is 0. The van der Waals surface area contributed by atoms with Crippen LogP contribution in [0.25, 0.3) is 0 Å². The predicted octanol–water partition coefficient (Wildman–Crippen LogP) is 6.81. The van der Waals surface area contributed by atoms with Crippen molar-refractivity contribution in [2.45, 2.75) is 117 Å². The van der Waals surface area contributed by atoms with Crippen LogP contribution in [-0.2, 0) is 9.53 Å². The van der Waals surface area contributed by atoms with E-state index in [2.05, 4.69) is 13.8 Å². The monoisotopic (exact) mass is 312 g/mol. The van der Waals surface area contributed by atoms with Crippen LogP contribution in [0, 0.1) is 0 Å². The molecule has 0 radical (unpaired) electrons. The summed E-state index contributed by atoms with van der Waals surface area (Å²) in [6, 6.07) is 0. The third-order valence-corrected chi connectivity index (χ3v) is 4.25. The highest BCUT2D eigenvalue weighted by Gasteiger charge is 2.01. The van der Waals surface area contributed by atoms with E-state index in [0.717, 1.165) is 19.3 Å². The molecule has 0 aliphatic heterocycles. The lowest BCUT2D eigenvalue weighted by molar-refractivity contribution is -0.143. The molecule has 132 valence electrons. The molecule has 0 aromatic rings. The Kier molecular flexibility index (Phi) is 18.1. The molecule has 0 unspecified atom stereocenters. The molecule has 22 heavy (non-hydrogen) atoms. The van der Waals surface area contributed by atoms with E-state index in [0.29, 0.717) is 13.0 Å². The number of carbonyl (C=O) groups excluding carboxylic acids is 1. The van der Waals surface area contributed by atoms with E-state index in [1.807, 2.05) is 0 Å². The second-order valence-corrected chi connectivity index (χ2v) is 6.57. The van der Waals surface area contributed by atoms with Gasteiger partial charge in [-0.05, 0) is 12.8 Å². The molecule has 0 aliphatic carbocycles. The lowest BCUT2D eigenvalue weighted by atomic mass is 10.1. The van der Waals surface area contributed by atoms with Crippen molar-refractivity contribution in [1.29, 1.82) is 0 Å². The van der Waals surface area contributed by atoms with Gasteiger partial charge >= 0.3 is 5.97 Å². The van der Waals surface area contributed by atoms with Gasteiger partial charge in [-0.3, -0.25) is 4.79 Å². The Morgan fingerprint density at radius 1 is 0.591 bits per heavy atom. The van der Waals surface area contributed by atoms with Crippen molar-refractivity contribution in [2.75, 3.05) is 6.61 Å². The van der Waals surface area contributed by atoms with Crippen molar-refractivity contribution in [3.63, 3.8) is 0 Å². The summed E-state index contributed by atoms with van der Waals surface area (Å²) in [5.74, 6) is 0.00295. The van der Waals surface area contributed by atoms with Gasteiger partial charge in [0.2, 0.25) is 0 Å². The molecule has 2 heteroatoms. The fourth-order valence-corrected chi connectivity index (χ4v) is 2.72. The van der Waals surface area contributed by atoms with Crippen LogP contribution in [0.1, 0.15) is 117 Å². The molecule has 0 aromatic heterocycles. The average molecular weight is 313 g/mol. The lowest BCUT2D eigenvalue weighted by Crippen LogP contribution is -2.05. The quantitative estimate of drug-likeness (QED) is 0.218. The van der Waals surface area contributed by atoms with Crippen molar-refractivity contribution < 1.29 is 9.53 Å². The van der Waals surface area contributed by atoms with Crippen LogP contribution in [0.3, 0.4) is 0 Å². The summed E-state index contributed by atoms with van der Waals surface area (Å²) in [5, 5.41) is 0. The van der Waals surface area contributed by atoms with Gasteiger partial charge in [-0.25, -0.2) is 0 Å². The van der Waals surface area contributed by atoms with E-state index in [-0.39, 0.29) is 5.97 Å². The van der Waals surface area contributed by atoms with Crippen LogP contribution < -0.4 is 0 Å². The molecule has 0 rings (SSSR count). The van der Waals surface area contributed by atoms with Crippen LogP contribution in [0.2, 0.25) is 0 Å². The van der Waals surface area contributed by atoms with Gasteiger partial charge in [0.25, 0.3) is 0 Å². The summed E-state index contributed by atoms with van der Waals surface area (Å²) in [6.45, 7) is 5.08. The first kappa shape index (κ1) is 21.5. The van der Waals surface area contributed by atoms with E-state index in [9.17, 15) is 4.79 Å². The zero-order chi connectivity index (χ0) is 16.3. The second-order valence-electron chi connectivity index (χ2n) is 6.57. The zero-order valence-corrected chi connectivity index (χ0v) is 15.3. The van der Waals surface area contributed by atoms with E-state index < -0.39 is 0 Å². The van der Waals surface area contributed by atoms with Crippen molar-refractivity contribution >= 4 is 5.97 Å². The first-order valence-electron chi connectivity index (χ1n) is 9.96. The highest BCUT2D eigenvalue weighted by molar-refractivity contribution is 5.69. The minimum Gasteiger partial charge on any atom is -0.466 e. The van der Waals surface area contributed by atoms with Crippen LogP contribution in [-0.4, -0.2) is 12.6 Å². The first-order valence-corrected chi connectivity index (χ1v) is 9.96. The van der Waals surface area contributed by atoms with Crippen molar-refractivity contribution in [3.8, 4) is 0 Å². The second kappa shape index (κ2) is 18.5. The summed E-state index contributed by atoms with van der Waals surface area (Å²) in [4.78, 5) is 11.5. The molecule has 2 nitrogen and oxygen atoms in total. The van der Waals surface area contributed by atoms with Crippen LogP contribution in [0.5, 0.6) is 0 Å². The zero-order valence-electron chi connectivity index (χ0n) is 15.3. The van der Waals surface area contributed by atoms with Gasteiger partial charge in [0.15, 0.2) is 0 Å². The maximum Gasteiger partial charge on any atom is 0.305 e. The van der Waals surface area contributed by atoms with Gasteiger partial charge in [0.05, 0.1) is 6.61 Å². The molecule has 0 aliphatic rings. The number of ether oxygens (including phenoxy) is 1. The SMILES string of the molecule is CCCCCCCCCCCCCOC(=O)CCCCCC. The van der Waals surface area contributed by atoms with Crippen molar-refractivity contribution in [1.82, 2.24) is 0 Å². The van der Waals surface area contributed by atoms with Gasteiger partial charge in [0.1, 0.15) is 0 Å². The predicted molar refractivity (Wildman–Crippen MR) is 96.2 cm³/mol. The highest BCUT2D eigenvalue weighted by atomic mass is 16.5. The molecule has 0 atom stereocenters.